The molecule has 0 atom stereocenters. The van der Waals surface area contributed by atoms with E-state index in [0.29, 0.717) is 11.5 Å². The minimum atomic E-state index is -3.88. The average Bonchev–Trinajstić information content (AvgIpc) is 3.47. The van der Waals surface area contributed by atoms with E-state index in [2.05, 4.69) is 15.3 Å². The lowest BCUT2D eigenvalue weighted by Gasteiger charge is -2.32. The topological polar surface area (TPSA) is 123 Å². The Balaban J connectivity index is 1.43. The summed E-state index contributed by atoms with van der Waals surface area (Å²) < 4.78 is 39.8. The largest absolute Gasteiger partial charge is 0.450 e. The van der Waals surface area contributed by atoms with Crippen LogP contribution in [0.1, 0.15) is 12.6 Å². The highest BCUT2D eigenvalue weighted by molar-refractivity contribution is 7.89. The van der Waals surface area contributed by atoms with Gasteiger partial charge in [-0.15, -0.1) is 10.2 Å². The van der Waals surface area contributed by atoms with Gasteiger partial charge in [-0.25, -0.2) is 13.2 Å². The van der Waals surface area contributed by atoms with Crippen molar-refractivity contribution < 1.29 is 22.4 Å². The van der Waals surface area contributed by atoms with Crippen molar-refractivity contribution in [3.8, 4) is 11.6 Å². The van der Waals surface area contributed by atoms with E-state index in [4.69, 9.17) is 9.15 Å². The van der Waals surface area contributed by atoms with Crippen molar-refractivity contribution in [2.75, 3.05) is 32.8 Å². The molecule has 11 nitrogen and oxygen atoms in total. The molecule has 12 heteroatoms. The van der Waals surface area contributed by atoms with Crippen LogP contribution in [-0.2, 0) is 14.8 Å². The molecule has 1 fully saturated rings. The van der Waals surface area contributed by atoms with E-state index in [1.165, 1.54) is 15.3 Å². The number of hydrogen-bond donors (Lipinski definition) is 0. The lowest BCUT2D eigenvalue weighted by atomic mass is 10.1. The van der Waals surface area contributed by atoms with E-state index in [1.54, 1.807) is 17.5 Å². The zero-order chi connectivity index (χ0) is 23.2. The molecule has 1 aliphatic heterocycles. The molecular formula is C21H22N6O5S. The van der Waals surface area contributed by atoms with E-state index in [-0.39, 0.29) is 43.6 Å². The van der Waals surface area contributed by atoms with Crippen molar-refractivity contribution >= 4 is 32.5 Å². The van der Waals surface area contributed by atoms with Crippen LogP contribution in [0.3, 0.4) is 0 Å². The van der Waals surface area contributed by atoms with Crippen molar-refractivity contribution in [2.24, 2.45) is 0 Å². The molecule has 33 heavy (non-hydrogen) atoms. The average molecular weight is 471 g/mol. The number of aromatic nitrogens is 4. The molecule has 1 saturated heterocycles. The van der Waals surface area contributed by atoms with Gasteiger partial charge >= 0.3 is 6.09 Å². The number of sulfonamides is 1. The summed E-state index contributed by atoms with van der Waals surface area (Å²) in [4.78, 5) is 13.4. The fraction of sp³-hybridized carbons (Fsp3) is 0.333. The lowest BCUT2D eigenvalue weighted by molar-refractivity contribution is 0.0932. The van der Waals surface area contributed by atoms with Gasteiger partial charge in [0.2, 0.25) is 10.9 Å². The van der Waals surface area contributed by atoms with Crippen LogP contribution >= 0.6 is 0 Å². The first kappa shape index (κ1) is 21.3. The Bertz CT molecular complexity index is 1450. The maximum absolute atomic E-state index is 13.1. The third-order valence-electron chi connectivity index (χ3n) is 5.61. The molecule has 0 aliphatic carbocycles. The highest BCUT2D eigenvalue weighted by Gasteiger charge is 2.33. The van der Waals surface area contributed by atoms with E-state index in [1.807, 2.05) is 31.2 Å². The number of rotatable bonds is 4. The maximum atomic E-state index is 13.1. The van der Waals surface area contributed by atoms with Crippen LogP contribution in [0.25, 0.3) is 28.0 Å². The first-order chi connectivity index (χ1) is 15.9. The quantitative estimate of drug-likeness (QED) is 0.445. The van der Waals surface area contributed by atoms with E-state index in [9.17, 15) is 13.2 Å². The van der Waals surface area contributed by atoms with Gasteiger partial charge in [-0.05, 0) is 26.0 Å². The molecule has 0 N–H and O–H groups in total. The molecule has 1 aliphatic rings. The summed E-state index contributed by atoms with van der Waals surface area (Å²) in [6.45, 7) is 4.68. The number of fused-ring (bicyclic) bond motifs is 3. The summed E-state index contributed by atoms with van der Waals surface area (Å²) in [5.41, 5.74) is 1.35. The van der Waals surface area contributed by atoms with Crippen LogP contribution < -0.4 is 0 Å². The van der Waals surface area contributed by atoms with Crippen molar-refractivity contribution in [1.29, 1.82) is 0 Å². The summed E-state index contributed by atoms with van der Waals surface area (Å²) in [7, 11) is -3.88. The number of benzene rings is 1. The van der Waals surface area contributed by atoms with E-state index >= 15 is 0 Å². The minimum absolute atomic E-state index is 0.151. The van der Waals surface area contributed by atoms with Crippen molar-refractivity contribution in [3.05, 3.63) is 42.1 Å². The predicted molar refractivity (Wildman–Crippen MR) is 118 cm³/mol. The minimum Gasteiger partial charge on any atom is -0.450 e. The van der Waals surface area contributed by atoms with Crippen LogP contribution in [0.4, 0.5) is 4.79 Å². The first-order valence-corrected chi connectivity index (χ1v) is 12.0. The number of amides is 1. The lowest BCUT2D eigenvalue weighted by Crippen LogP contribution is -2.50. The summed E-state index contributed by atoms with van der Waals surface area (Å²) in [6.07, 6.45) is -0.441. The standard InChI is InChI=1S/C21H22N6O5S/c1-3-31-21(28)25-10-12-26(13-11-25)33(29,30)18-9-8-17(32-18)20-23-22-19-16-7-5-4-6-15(16)14(2)24-27(19)20/h4-9H,3,10-13H2,1-2H3. The zero-order valence-corrected chi connectivity index (χ0v) is 18.9. The normalized spacial score (nSPS) is 15.4. The highest BCUT2D eigenvalue weighted by atomic mass is 32.2. The monoisotopic (exact) mass is 470 g/mol. The van der Waals surface area contributed by atoms with Gasteiger partial charge in [0.15, 0.2) is 11.4 Å². The SMILES string of the molecule is CCOC(=O)N1CCN(S(=O)(=O)c2ccc(-c3nnc4c5ccccc5c(C)nn34)o2)CC1. The van der Waals surface area contributed by atoms with Crippen molar-refractivity contribution in [3.63, 3.8) is 0 Å². The Morgan fingerprint density at radius 3 is 2.52 bits per heavy atom. The Hall–Kier alpha value is -3.51. The number of carbonyl (C=O) groups excluding carboxylic acids is 1. The van der Waals surface area contributed by atoms with Gasteiger partial charge in [-0.1, -0.05) is 24.3 Å². The molecule has 0 bridgehead atoms. The second-order valence-electron chi connectivity index (χ2n) is 7.60. The molecule has 1 aromatic carbocycles. The van der Waals surface area contributed by atoms with Crippen LogP contribution in [0.2, 0.25) is 0 Å². The molecule has 0 unspecified atom stereocenters. The fourth-order valence-electron chi connectivity index (χ4n) is 3.93. The second-order valence-corrected chi connectivity index (χ2v) is 9.47. The first-order valence-electron chi connectivity index (χ1n) is 10.5. The molecule has 0 saturated carbocycles. The van der Waals surface area contributed by atoms with E-state index < -0.39 is 16.1 Å². The Morgan fingerprint density at radius 2 is 1.79 bits per heavy atom. The molecule has 4 aromatic rings. The second kappa shape index (κ2) is 8.12. The number of aryl methyl sites for hydroxylation is 1. The molecular weight excluding hydrogens is 448 g/mol. The number of hydrogen-bond acceptors (Lipinski definition) is 8. The summed E-state index contributed by atoms with van der Waals surface area (Å²) in [5.74, 6) is 0.556. The maximum Gasteiger partial charge on any atom is 0.409 e. The molecule has 4 heterocycles. The van der Waals surface area contributed by atoms with Gasteiger partial charge < -0.3 is 14.1 Å². The van der Waals surface area contributed by atoms with Crippen molar-refractivity contribution in [2.45, 2.75) is 18.9 Å². The highest BCUT2D eigenvalue weighted by Crippen LogP contribution is 2.28. The number of piperazine rings is 1. The molecule has 3 aromatic heterocycles. The third kappa shape index (κ3) is 3.60. The number of nitrogens with zero attached hydrogens (tertiary/aromatic N) is 6. The molecule has 0 spiro atoms. The van der Waals surface area contributed by atoms with Crippen LogP contribution in [-0.4, -0.2) is 76.3 Å². The third-order valence-corrected chi connectivity index (χ3v) is 7.38. The van der Waals surface area contributed by atoms with Crippen LogP contribution in [0, 0.1) is 6.92 Å². The van der Waals surface area contributed by atoms with Crippen LogP contribution in [0.15, 0.2) is 45.9 Å². The van der Waals surface area contributed by atoms with Gasteiger partial charge in [-0.2, -0.15) is 13.9 Å². The Labute approximate surface area is 189 Å². The van der Waals surface area contributed by atoms with Gasteiger partial charge in [0.05, 0.1) is 12.3 Å². The fourth-order valence-corrected chi connectivity index (χ4v) is 5.26. The van der Waals surface area contributed by atoms with Gasteiger partial charge in [0.25, 0.3) is 10.0 Å². The Morgan fingerprint density at radius 1 is 1.06 bits per heavy atom. The Kier molecular flexibility index (Phi) is 5.25. The smallest absolute Gasteiger partial charge is 0.409 e. The van der Waals surface area contributed by atoms with Gasteiger partial charge in [-0.3, -0.25) is 0 Å². The van der Waals surface area contributed by atoms with Gasteiger partial charge in [0.1, 0.15) is 0 Å². The summed E-state index contributed by atoms with van der Waals surface area (Å²) in [5, 5.41) is 14.7. The number of furan rings is 1. The number of ether oxygens (including phenoxy) is 1. The summed E-state index contributed by atoms with van der Waals surface area (Å²) in [6, 6.07) is 10.7. The number of carbonyl (C=O) groups is 1. The predicted octanol–water partition coefficient (Wildman–Crippen LogP) is 2.31. The molecule has 5 rings (SSSR count). The molecule has 0 radical (unpaired) electrons. The summed E-state index contributed by atoms with van der Waals surface area (Å²) >= 11 is 0. The van der Waals surface area contributed by atoms with Crippen molar-refractivity contribution in [1.82, 2.24) is 29.0 Å². The molecule has 1 amide bonds. The molecule has 172 valence electrons. The zero-order valence-electron chi connectivity index (χ0n) is 18.1. The van der Waals surface area contributed by atoms with Gasteiger partial charge in [0, 0.05) is 37.0 Å². The van der Waals surface area contributed by atoms with E-state index in [0.717, 1.165) is 16.5 Å². The van der Waals surface area contributed by atoms with Crippen LogP contribution in [0.5, 0.6) is 0 Å².